The van der Waals surface area contributed by atoms with Crippen LogP contribution in [0.5, 0.6) is 5.75 Å². The maximum Gasteiger partial charge on any atom is 0.342 e. The van der Waals surface area contributed by atoms with Gasteiger partial charge in [-0.05, 0) is 57.6 Å². The number of benzene rings is 1. The summed E-state index contributed by atoms with van der Waals surface area (Å²) in [4.78, 5) is 21.4. The van der Waals surface area contributed by atoms with Gasteiger partial charge in [0.2, 0.25) is 0 Å². The summed E-state index contributed by atoms with van der Waals surface area (Å²) in [6, 6.07) is 5.40. The molecular weight excluding hydrogens is 456 g/mol. The van der Waals surface area contributed by atoms with E-state index in [4.69, 9.17) is 26.1 Å². The zero-order chi connectivity index (χ0) is 25.3. The molecule has 0 amide bonds. The molecule has 0 aliphatic heterocycles. The van der Waals surface area contributed by atoms with Crippen LogP contribution in [0.1, 0.15) is 31.1 Å². The van der Waals surface area contributed by atoms with Crippen molar-refractivity contribution in [2.24, 2.45) is 15.3 Å². The van der Waals surface area contributed by atoms with Crippen LogP contribution in [0.25, 0.3) is 42.2 Å². The van der Waals surface area contributed by atoms with Gasteiger partial charge in [-0.1, -0.05) is 36.1 Å². The van der Waals surface area contributed by atoms with Crippen molar-refractivity contribution in [3.05, 3.63) is 61.3 Å². The highest BCUT2D eigenvalue weighted by molar-refractivity contribution is 6.83. The molecule has 34 heavy (non-hydrogen) atoms. The molecule has 2 aromatic rings. The first-order chi connectivity index (χ1) is 16.3. The number of carbonyl (C=O) groups excluding carboxylic acids is 1. The minimum atomic E-state index is -2.87. The third kappa shape index (κ3) is 4.75. The van der Waals surface area contributed by atoms with Gasteiger partial charge in [0, 0.05) is 45.3 Å². The summed E-state index contributed by atoms with van der Waals surface area (Å²) in [6.07, 6.45) is 1.90. The lowest BCUT2D eigenvalue weighted by molar-refractivity contribution is 0.0599. The predicted octanol–water partition coefficient (Wildman–Crippen LogP) is 6.33. The zero-order valence-electron chi connectivity index (χ0n) is 19.9. The van der Waals surface area contributed by atoms with E-state index in [0.717, 1.165) is 5.52 Å². The van der Waals surface area contributed by atoms with Crippen LogP contribution in [-0.2, 0) is 4.74 Å². The van der Waals surface area contributed by atoms with Crippen LogP contribution in [-0.4, -0.2) is 52.3 Å². The number of azide groups is 3. The first kappa shape index (κ1) is 26.4. The number of carbonyl (C=O) groups is 1. The molecule has 0 radical (unpaired) electrons. The Hall–Kier alpha value is -3.82. The van der Waals surface area contributed by atoms with E-state index in [1.165, 1.54) is 14.2 Å². The van der Waals surface area contributed by atoms with E-state index in [0.29, 0.717) is 16.7 Å². The van der Waals surface area contributed by atoms with Gasteiger partial charge >= 0.3 is 5.97 Å². The molecule has 0 fully saturated rings. The fourth-order valence-electron chi connectivity index (χ4n) is 5.10. The molecule has 180 valence electrons. The molecule has 2 rings (SSSR count). The average molecular weight is 485 g/mol. The summed E-state index contributed by atoms with van der Waals surface area (Å²) >= 11 is 0. The minimum absolute atomic E-state index is 0.0449. The Kier molecular flexibility index (Phi) is 9.23. The van der Waals surface area contributed by atoms with Gasteiger partial charge in [0.1, 0.15) is 11.3 Å². The van der Waals surface area contributed by atoms with E-state index in [-0.39, 0.29) is 36.3 Å². The number of hydrogen-bond acceptors (Lipinski definition) is 6. The lowest BCUT2D eigenvalue weighted by Gasteiger charge is -2.47. The Morgan fingerprint density at radius 1 is 1.00 bits per heavy atom. The Morgan fingerprint density at radius 3 is 2.09 bits per heavy atom. The van der Waals surface area contributed by atoms with Crippen LogP contribution in [0, 0.1) is 0 Å². The Morgan fingerprint density at radius 2 is 1.59 bits per heavy atom. The van der Waals surface area contributed by atoms with Gasteiger partial charge in [0.05, 0.1) is 14.2 Å². The topological polar surface area (TPSA) is 187 Å². The highest BCUT2D eigenvalue weighted by Crippen LogP contribution is 2.46. The van der Waals surface area contributed by atoms with E-state index in [1.54, 1.807) is 6.07 Å². The summed E-state index contributed by atoms with van der Waals surface area (Å²) < 4.78 is 12.5. The number of aromatic nitrogens is 1. The van der Waals surface area contributed by atoms with Crippen molar-refractivity contribution >= 4 is 25.1 Å². The second-order valence-electron chi connectivity index (χ2n) is 8.13. The number of methoxy groups -OCH3 is 2. The van der Waals surface area contributed by atoms with Gasteiger partial charge in [0.25, 0.3) is 0 Å². The summed E-state index contributed by atoms with van der Waals surface area (Å²) in [7, 11) is -0.0823. The monoisotopic (exact) mass is 484 g/mol. The van der Waals surface area contributed by atoms with E-state index in [9.17, 15) is 4.79 Å². The summed E-state index contributed by atoms with van der Waals surface area (Å²) in [5.74, 6) is -0.144. The second-order valence-corrected chi connectivity index (χ2v) is 13.3. The van der Waals surface area contributed by atoms with Gasteiger partial charge < -0.3 is 13.7 Å². The zero-order valence-corrected chi connectivity index (χ0v) is 20.9. The molecule has 0 saturated heterocycles. The lowest BCUT2D eigenvalue weighted by atomic mass is 10.1. The van der Waals surface area contributed by atoms with Crippen molar-refractivity contribution in [1.82, 2.24) is 4.23 Å². The fraction of sp³-hybridized carbons (Fsp3) is 0.550. The number of hydrogen-bond donors (Lipinski definition) is 0. The van der Waals surface area contributed by atoms with Crippen molar-refractivity contribution in [1.29, 1.82) is 0 Å². The molecule has 2 unspecified atom stereocenters. The van der Waals surface area contributed by atoms with Crippen LogP contribution < -0.4 is 4.74 Å². The first-order valence-corrected chi connectivity index (χ1v) is 12.8. The quantitative estimate of drug-likeness (QED) is 0.112. The van der Waals surface area contributed by atoms with E-state index in [2.05, 4.69) is 48.2 Å². The van der Waals surface area contributed by atoms with Gasteiger partial charge in [0.15, 0.2) is 8.24 Å². The number of esters is 1. The van der Waals surface area contributed by atoms with Crippen molar-refractivity contribution in [2.75, 3.05) is 33.9 Å². The smallest absolute Gasteiger partial charge is 0.342 e. The molecule has 0 aliphatic carbocycles. The largest absolute Gasteiger partial charge is 0.496 e. The molecule has 0 bridgehead atoms. The van der Waals surface area contributed by atoms with Crippen LogP contribution in [0.4, 0.5) is 0 Å². The molecule has 1 heterocycles. The predicted molar refractivity (Wildman–Crippen MR) is 131 cm³/mol. The van der Waals surface area contributed by atoms with E-state index in [1.807, 2.05) is 25.3 Å². The number of ether oxygens (including phenoxy) is 2. The van der Waals surface area contributed by atoms with Gasteiger partial charge in [-0.15, -0.1) is 0 Å². The average Bonchev–Trinajstić information content (AvgIpc) is 3.27. The summed E-state index contributed by atoms with van der Waals surface area (Å²) in [6.45, 7) is 6.56. The molecule has 0 aliphatic rings. The third-order valence-corrected chi connectivity index (χ3v) is 12.9. The number of fused-ring (bicyclic) bond motifs is 1. The molecule has 1 aromatic carbocycles. The molecule has 1 aromatic heterocycles. The molecule has 0 saturated carbocycles. The SMILES string of the molecule is COC(=O)c1c(OC)ccc2c1ccn2[Si](C(C)C)(C(C)CN=[N+]=[N-])C(CN=[N+]=[N-])CN=[N+]=[N-]. The second kappa shape index (κ2) is 11.9. The molecule has 2 atom stereocenters. The minimum Gasteiger partial charge on any atom is -0.496 e. The third-order valence-electron chi connectivity index (χ3n) is 6.38. The van der Waals surface area contributed by atoms with Crippen LogP contribution in [0.2, 0.25) is 16.6 Å². The molecular formula is C20H28N10O3Si. The van der Waals surface area contributed by atoms with Crippen molar-refractivity contribution in [3.63, 3.8) is 0 Å². The molecule has 0 N–H and O–H groups in total. The van der Waals surface area contributed by atoms with Crippen LogP contribution in [0.3, 0.4) is 0 Å². The lowest BCUT2D eigenvalue weighted by Crippen LogP contribution is -2.56. The Bertz CT molecular complexity index is 1160. The normalized spacial score (nSPS) is 14.2. The van der Waals surface area contributed by atoms with E-state index < -0.39 is 14.2 Å². The van der Waals surface area contributed by atoms with Gasteiger partial charge in [-0.25, -0.2) is 4.79 Å². The van der Waals surface area contributed by atoms with Gasteiger partial charge in [-0.3, -0.25) is 0 Å². The van der Waals surface area contributed by atoms with Crippen molar-refractivity contribution in [3.8, 4) is 5.75 Å². The number of rotatable bonds is 12. The first-order valence-electron chi connectivity index (χ1n) is 10.6. The maximum atomic E-state index is 12.6. The van der Waals surface area contributed by atoms with E-state index >= 15 is 0 Å². The van der Waals surface area contributed by atoms with Crippen molar-refractivity contribution in [2.45, 2.75) is 37.4 Å². The maximum absolute atomic E-state index is 12.6. The van der Waals surface area contributed by atoms with Gasteiger partial charge in [-0.2, -0.15) is 0 Å². The number of nitrogens with zero attached hydrogens (tertiary/aromatic N) is 10. The van der Waals surface area contributed by atoms with Crippen LogP contribution in [0.15, 0.2) is 39.7 Å². The fourth-order valence-corrected chi connectivity index (χ4v) is 11.5. The standard InChI is InChI=1S/C20H28N10O3Si/c1-13(2)34(14(3)10-24-27-21,15(11-25-28-22)12-26-29-23)30-9-8-16-17(30)6-7-18(32-4)19(16)20(31)33-5/h6-9,13-15H,10-12H2,1-5H3. The summed E-state index contributed by atoms with van der Waals surface area (Å²) in [5, 5.41) is 12.2. The molecule has 13 nitrogen and oxygen atoms in total. The molecule has 0 spiro atoms. The Balaban J connectivity index is 2.98. The summed E-state index contributed by atoms with van der Waals surface area (Å²) in [5.41, 5.74) is 27.8. The van der Waals surface area contributed by atoms with Crippen LogP contribution >= 0.6 is 0 Å². The molecule has 14 heteroatoms. The highest BCUT2D eigenvalue weighted by Gasteiger charge is 2.50. The van der Waals surface area contributed by atoms with Crippen molar-refractivity contribution < 1.29 is 14.3 Å². The Labute approximate surface area is 197 Å². The highest BCUT2D eigenvalue weighted by atomic mass is 28.3.